The molecule has 1 unspecified atom stereocenters. The van der Waals surface area contributed by atoms with Crippen molar-refractivity contribution in [2.45, 2.75) is 38.5 Å². The number of halogens is 1. The maximum atomic E-state index is 5.62. The Bertz CT molecular complexity index is 632. The Labute approximate surface area is 133 Å². The molecule has 1 fully saturated rings. The highest BCUT2D eigenvalue weighted by atomic mass is 79.9. The second kappa shape index (κ2) is 5.89. The van der Waals surface area contributed by atoms with Gasteiger partial charge in [0, 0.05) is 16.6 Å². The fourth-order valence-electron chi connectivity index (χ4n) is 3.07. The van der Waals surface area contributed by atoms with Crippen molar-refractivity contribution in [3.63, 3.8) is 0 Å². The molecule has 3 rings (SSSR count). The van der Waals surface area contributed by atoms with E-state index in [0.29, 0.717) is 5.82 Å². The molecule has 2 aromatic rings. The second-order valence-corrected chi connectivity index (χ2v) is 6.72. The summed E-state index contributed by atoms with van der Waals surface area (Å²) in [5, 5.41) is 7.63. The standard InChI is InChI=1S/C16H20BrN3O/c1-3-6-16(7-8-18-10-16)15-19-14(20-21-15)12-5-4-11(2)9-13(12)17/h4-5,9,18H,3,6-8,10H2,1-2H3. The van der Waals surface area contributed by atoms with E-state index in [0.717, 1.165) is 48.3 Å². The smallest absolute Gasteiger partial charge is 0.234 e. The minimum absolute atomic E-state index is 0.0111. The summed E-state index contributed by atoms with van der Waals surface area (Å²) in [6.45, 7) is 6.22. The van der Waals surface area contributed by atoms with E-state index in [-0.39, 0.29) is 5.41 Å². The number of rotatable bonds is 4. The summed E-state index contributed by atoms with van der Waals surface area (Å²) < 4.78 is 6.63. The zero-order chi connectivity index (χ0) is 14.9. The van der Waals surface area contributed by atoms with Gasteiger partial charge < -0.3 is 9.84 Å². The van der Waals surface area contributed by atoms with Crippen LogP contribution < -0.4 is 5.32 Å². The van der Waals surface area contributed by atoms with Gasteiger partial charge in [0.1, 0.15) is 0 Å². The summed E-state index contributed by atoms with van der Waals surface area (Å²) in [5.74, 6) is 1.44. The van der Waals surface area contributed by atoms with Crippen molar-refractivity contribution in [1.29, 1.82) is 0 Å². The molecule has 1 atom stereocenters. The Kier molecular flexibility index (Phi) is 4.13. The highest BCUT2D eigenvalue weighted by Gasteiger charge is 2.40. The molecule has 5 heteroatoms. The molecule has 0 radical (unpaired) electrons. The van der Waals surface area contributed by atoms with E-state index in [1.165, 1.54) is 5.56 Å². The predicted octanol–water partition coefficient (Wildman–Crippen LogP) is 3.84. The van der Waals surface area contributed by atoms with Crippen molar-refractivity contribution in [3.05, 3.63) is 34.1 Å². The van der Waals surface area contributed by atoms with Crippen molar-refractivity contribution >= 4 is 15.9 Å². The van der Waals surface area contributed by atoms with Crippen LogP contribution in [0, 0.1) is 6.92 Å². The molecule has 0 bridgehead atoms. The third-order valence-corrected chi connectivity index (χ3v) is 4.87. The first kappa shape index (κ1) is 14.7. The van der Waals surface area contributed by atoms with Crippen LogP contribution in [0.25, 0.3) is 11.4 Å². The van der Waals surface area contributed by atoms with Crippen LogP contribution in [0.4, 0.5) is 0 Å². The first-order valence-corrected chi connectivity index (χ1v) is 8.25. The molecule has 1 aliphatic rings. The Balaban J connectivity index is 1.95. The number of aryl methyl sites for hydroxylation is 1. The molecular weight excluding hydrogens is 330 g/mol. The zero-order valence-corrected chi connectivity index (χ0v) is 14.0. The topological polar surface area (TPSA) is 51.0 Å². The Morgan fingerprint density at radius 2 is 2.29 bits per heavy atom. The Morgan fingerprint density at radius 3 is 2.95 bits per heavy atom. The molecule has 2 heterocycles. The van der Waals surface area contributed by atoms with Gasteiger partial charge in [0.15, 0.2) is 0 Å². The van der Waals surface area contributed by atoms with E-state index in [1.54, 1.807) is 0 Å². The average molecular weight is 350 g/mol. The lowest BCUT2D eigenvalue weighted by atomic mass is 9.82. The molecule has 0 spiro atoms. The van der Waals surface area contributed by atoms with Gasteiger partial charge >= 0.3 is 0 Å². The molecule has 0 saturated carbocycles. The van der Waals surface area contributed by atoms with Gasteiger partial charge in [-0.15, -0.1) is 0 Å². The van der Waals surface area contributed by atoms with Crippen molar-refractivity contribution in [2.24, 2.45) is 0 Å². The van der Waals surface area contributed by atoms with Gasteiger partial charge in [-0.1, -0.05) is 40.5 Å². The van der Waals surface area contributed by atoms with Gasteiger partial charge in [-0.05, 0) is 44.0 Å². The summed E-state index contributed by atoms with van der Waals surface area (Å²) >= 11 is 3.59. The summed E-state index contributed by atoms with van der Waals surface area (Å²) in [4.78, 5) is 4.70. The third kappa shape index (κ3) is 2.77. The normalized spacial score (nSPS) is 21.9. The summed E-state index contributed by atoms with van der Waals surface area (Å²) in [6, 6.07) is 6.17. The molecule has 1 aromatic carbocycles. The van der Waals surface area contributed by atoms with Crippen LogP contribution in [0.15, 0.2) is 27.2 Å². The lowest BCUT2D eigenvalue weighted by molar-refractivity contribution is 0.277. The Morgan fingerprint density at radius 1 is 1.43 bits per heavy atom. The van der Waals surface area contributed by atoms with E-state index in [4.69, 9.17) is 9.51 Å². The molecule has 1 aromatic heterocycles. The summed E-state index contributed by atoms with van der Waals surface area (Å²) in [6.07, 6.45) is 3.27. The molecule has 1 saturated heterocycles. The highest BCUT2D eigenvalue weighted by molar-refractivity contribution is 9.10. The minimum Gasteiger partial charge on any atom is -0.338 e. The van der Waals surface area contributed by atoms with Crippen molar-refractivity contribution < 1.29 is 4.52 Å². The third-order valence-electron chi connectivity index (χ3n) is 4.22. The molecule has 0 aliphatic carbocycles. The maximum absolute atomic E-state index is 5.62. The predicted molar refractivity (Wildman–Crippen MR) is 86.2 cm³/mol. The van der Waals surface area contributed by atoms with Crippen molar-refractivity contribution in [1.82, 2.24) is 15.5 Å². The lowest BCUT2D eigenvalue weighted by Crippen LogP contribution is -2.29. The van der Waals surface area contributed by atoms with Gasteiger partial charge in [-0.2, -0.15) is 4.98 Å². The SMILES string of the molecule is CCCC1(c2nc(-c3ccc(C)cc3Br)no2)CCNC1. The van der Waals surface area contributed by atoms with E-state index in [1.807, 2.05) is 6.07 Å². The molecule has 1 N–H and O–H groups in total. The zero-order valence-electron chi connectivity index (χ0n) is 12.4. The number of nitrogens with one attached hydrogen (secondary N) is 1. The number of hydrogen-bond acceptors (Lipinski definition) is 4. The first-order valence-electron chi connectivity index (χ1n) is 7.46. The van der Waals surface area contributed by atoms with Gasteiger partial charge in [-0.25, -0.2) is 0 Å². The fraction of sp³-hybridized carbons (Fsp3) is 0.500. The van der Waals surface area contributed by atoms with Crippen molar-refractivity contribution in [3.8, 4) is 11.4 Å². The summed E-state index contributed by atoms with van der Waals surface area (Å²) in [7, 11) is 0. The largest absolute Gasteiger partial charge is 0.338 e. The number of aromatic nitrogens is 2. The quantitative estimate of drug-likeness (QED) is 0.910. The molecular formula is C16H20BrN3O. The first-order chi connectivity index (χ1) is 10.1. The van der Waals surface area contributed by atoms with Crippen LogP contribution in [0.3, 0.4) is 0 Å². The highest BCUT2D eigenvalue weighted by Crippen LogP contribution is 2.36. The van der Waals surface area contributed by atoms with E-state index in [9.17, 15) is 0 Å². The molecule has 4 nitrogen and oxygen atoms in total. The molecule has 0 amide bonds. The van der Waals surface area contributed by atoms with E-state index < -0.39 is 0 Å². The maximum Gasteiger partial charge on any atom is 0.234 e. The van der Waals surface area contributed by atoms with Crippen LogP contribution in [-0.2, 0) is 5.41 Å². The number of nitrogens with zero attached hydrogens (tertiary/aromatic N) is 2. The van der Waals surface area contributed by atoms with Gasteiger partial charge in [0.25, 0.3) is 0 Å². The molecule has 1 aliphatic heterocycles. The minimum atomic E-state index is 0.0111. The van der Waals surface area contributed by atoms with Gasteiger partial charge in [-0.3, -0.25) is 0 Å². The number of hydrogen-bond donors (Lipinski definition) is 1. The van der Waals surface area contributed by atoms with Crippen LogP contribution in [0.2, 0.25) is 0 Å². The number of benzene rings is 1. The molecule has 112 valence electrons. The van der Waals surface area contributed by atoms with E-state index in [2.05, 4.69) is 52.4 Å². The monoisotopic (exact) mass is 349 g/mol. The second-order valence-electron chi connectivity index (χ2n) is 5.86. The van der Waals surface area contributed by atoms with Crippen LogP contribution in [-0.4, -0.2) is 23.2 Å². The Hall–Kier alpha value is -1.20. The van der Waals surface area contributed by atoms with Crippen LogP contribution >= 0.6 is 15.9 Å². The fourth-order valence-corrected chi connectivity index (χ4v) is 3.75. The van der Waals surface area contributed by atoms with E-state index >= 15 is 0 Å². The van der Waals surface area contributed by atoms with Gasteiger partial charge in [0.05, 0.1) is 5.41 Å². The average Bonchev–Trinajstić information content (AvgIpc) is 3.08. The van der Waals surface area contributed by atoms with Crippen molar-refractivity contribution in [2.75, 3.05) is 13.1 Å². The van der Waals surface area contributed by atoms with Crippen LogP contribution in [0.1, 0.15) is 37.6 Å². The van der Waals surface area contributed by atoms with Crippen LogP contribution in [0.5, 0.6) is 0 Å². The molecule has 21 heavy (non-hydrogen) atoms. The lowest BCUT2D eigenvalue weighted by Gasteiger charge is -2.22. The van der Waals surface area contributed by atoms with Gasteiger partial charge in [0.2, 0.25) is 11.7 Å². The summed E-state index contributed by atoms with van der Waals surface area (Å²) in [5.41, 5.74) is 2.20.